The fourth-order valence-electron chi connectivity index (χ4n) is 0.890. The van der Waals surface area contributed by atoms with Gasteiger partial charge in [0.25, 0.3) is 0 Å². The molecule has 1 rings (SSSR count). The highest BCUT2D eigenvalue weighted by atomic mass is 19.4. The van der Waals surface area contributed by atoms with Gasteiger partial charge in [-0.3, -0.25) is 4.74 Å². The van der Waals surface area contributed by atoms with E-state index in [1.807, 2.05) is 0 Å². The van der Waals surface area contributed by atoms with Crippen molar-refractivity contribution in [3.05, 3.63) is 24.3 Å². The van der Waals surface area contributed by atoms with Crippen molar-refractivity contribution in [1.82, 2.24) is 0 Å². The van der Waals surface area contributed by atoms with E-state index >= 15 is 0 Å². The van der Waals surface area contributed by atoms with Crippen molar-refractivity contribution in [3.8, 4) is 11.5 Å². The van der Waals surface area contributed by atoms with Gasteiger partial charge in [0.15, 0.2) is 0 Å². The van der Waals surface area contributed by atoms with Gasteiger partial charge in [-0.25, -0.2) is 0 Å². The van der Waals surface area contributed by atoms with E-state index in [1.54, 1.807) is 0 Å². The van der Waals surface area contributed by atoms with Crippen LogP contribution < -0.4 is 4.74 Å². The van der Waals surface area contributed by atoms with Gasteiger partial charge in [-0.15, -0.1) is 13.2 Å². The van der Waals surface area contributed by atoms with Gasteiger partial charge in [-0.1, -0.05) is 6.07 Å². The number of hydrogen-bond donors (Lipinski definition) is 1. The van der Waals surface area contributed by atoms with Crippen molar-refractivity contribution in [2.24, 2.45) is 0 Å². The summed E-state index contributed by atoms with van der Waals surface area (Å²) in [7, 11) is 0. The van der Waals surface area contributed by atoms with Crippen molar-refractivity contribution < 1.29 is 27.8 Å². The molecule has 0 bridgehead atoms. The van der Waals surface area contributed by atoms with Crippen molar-refractivity contribution in [1.29, 1.82) is 0 Å². The van der Waals surface area contributed by atoms with E-state index in [-0.39, 0.29) is 12.4 Å². The average Bonchev–Trinajstić information content (AvgIpc) is 2.11. The van der Waals surface area contributed by atoms with Crippen molar-refractivity contribution >= 4 is 0 Å². The lowest BCUT2D eigenvalue weighted by Gasteiger charge is -2.08. The maximum absolute atomic E-state index is 11.5. The first-order valence-electron chi connectivity index (χ1n) is 4.10. The number of aromatic hydroxyl groups is 1. The fraction of sp³-hybridized carbons (Fsp3) is 0.333. The van der Waals surface area contributed by atoms with Gasteiger partial charge in [0.2, 0.25) is 0 Å². The lowest BCUT2D eigenvalue weighted by molar-refractivity contribution is -0.325. The summed E-state index contributed by atoms with van der Waals surface area (Å²) in [5, 5.41) is 9.01. The summed E-state index contributed by atoms with van der Waals surface area (Å²) in [5.74, 6) is 0.282. The number of hydrogen-bond acceptors (Lipinski definition) is 3. The molecule has 3 nitrogen and oxygen atoms in total. The van der Waals surface area contributed by atoms with Gasteiger partial charge in [-0.05, 0) is 12.1 Å². The minimum absolute atomic E-state index is 0.00996. The fourth-order valence-corrected chi connectivity index (χ4v) is 0.890. The van der Waals surface area contributed by atoms with Crippen molar-refractivity contribution in [3.63, 3.8) is 0 Å². The maximum atomic E-state index is 11.5. The van der Waals surface area contributed by atoms with Crippen LogP contribution in [0.15, 0.2) is 24.3 Å². The van der Waals surface area contributed by atoms with E-state index in [2.05, 4.69) is 4.74 Å². The van der Waals surface area contributed by atoms with Crippen LogP contribution >= 0.6 is 0 Å². The highest BCUT2D eigenvalue weighted by Crippen LogP contribution is 2.18. The quantitative estimate of drug-likeness (QED) is 0.794. The monoisotopic (exact) mass is 222 g/mol. The van der Waals surface area contributed by atoms with Crippen LogP contribution in [0.4, 0.5) is 13.2 Å². The van der Waals surface area contributed by atoms with Crippen LogP contribution in [-0.2, 0) is 4.74 Å². The summed E-state index contributed by atoms with van der Waals surface area (Å²) in [5.41, 5.74) is 0. The largest absolute Gasteiger partial charge is 0.522 e. The Bertz CT molecular complexity index is 312. The highest BCUT2D eigenvalue weighted by Gasteiger charge is 2.28. The Labute approximate surface area is 84.0 Å². The summed E-state index contributed by atoms with van der Waals surface area (Å²) in [4.78, 5) is 0. The number of rotatable bonds is 4. The Kier molecular flexibility index (Phi) is 3.79. The molecule has 1 N–H and O–H groups in total. The minimum atomic E-state index is -4.64. The van der Waals surface area contributed by atoms with E-state index in [0.717, 1.165) is 0 Å². The minimum Gasteiger partial charge on any atom is -0.508 e. The summed E-state index contributed by atoms with van der Waals surface area (Å²) in [6.07, 6.45) is -4.64. The third kappa shape index (κ3) is 5.11. The summed E-state index contributed by atoms with van der Waals surface area (Å²) in [6.45, 7) is -0.817. The van der Waals surface area contributed by atoms with E-state index in [1.165, 1.54) is 24.3 Å². The average molecular weight is 222 g/mol. The van der Waals surface area contributed by atoms with Gasteiger partial charge in [-0.2, -0.15) is 0 Å². The van der Waals surface area contributed by atoms with Crippen LogP contribution in [-0.4, -0.2) is 24.7 Å². The molecule has 15 heavy (non-hydrogen) atoms. The van der Waals surface area contributed by atoms with Crippen LogP contribution in [0.5, 0.6) is 11.5 Å². The van der Waals surface area contributed by atoms with E-state index < -0.39 is 13.0 Å². The molecular weight excluding hydrogens is 213 g/mol. The number of phenols is 1. The molecule has 0 aliphatic rings. The molecule has 0 fully saturated rings. The topological polar surface area (TPSA) is 38.7 Å². The highest BCUT2D eigenvalue weighted by molar-refractivity contribution is 5.31. The first-order chi connectivity index (χ1) is 6.97. The van der Waals surface area contributed by atoms with Crippen LogP contribution in [0.3, 0.4) is 0 Å². The molecule has 0 aromatic heterocycles. The van der Waals surface area contributed by atoms with Gasteiger partial charge in [0.1, 0.15) is 18.1 Å². The van der Waals surface area contributed by atoms with Crippen LogP contribution in [0.25, 0.3) is 0 Å². The lowest BCUT2D eigenvalue weighted by atomic mass is 10.3. The first kappa shape index (κ1) is 11.6. The van der Waals surface area contributed by atoms with E-state index in [0.29, 0.717) is 5.75 Å². The Hall–Kier alpha value is -1.43. The van der Waals surface area contributed by atoms with Crippen LogP contribution in [0.1, 0.15) is 0 Å². The number of alkyl halides is 3. The molecule has 0 radical (unpaired) electrons. The maximum Gasteiger partial charge on any atom is 0.522 e. The summed E-state index contributed by atoms with van der Waals surface area (Å²) < 4.78 is 43.0. The Morgan fingerprint density at radius 2 is 1.93 bits per heavy atom. The number of phenolic OH excluding ortho intramolecular Hbond substituents is 1. The van der Waals surface area contributed by atoms with Crippen molar-refractivity contribution in [2.45, 2.75) is 6.36 Å². The second-order valence-electron chi connectivity index (χ2n) is 2.64. The first-order valence-corrected chi connectivity index (χ1v) is 4.10. The zero-order valence-corrected chi connectivity index (χ0v) is 7.62. The smallest absolute Gasteiger partial charge is 0.508 e. The molecule has 1 aromatic carbocycles. The van der Waals surface area contributed by atoms with Crippen molar-refractivity contribution in [2.75, 3.05) is 13.2 Å². The molecule has 0 saturated carbocycles. The van der Waals surface area contributed by atoms with E-state index in [4.69, 9.17) is 9.84 Å². The molecule has 0 aliphatic heterocycles. The Balaban J connectivity index is 2.26. The molecule has 84 valence electrons. The predicted octanol–water partition coefficient (Wildman–Crippen LogP) is 2.31. The zero-order valence-electron chi connectivity index (χ0n) is 7.62. The second kappa shape index (κ2) is 4.88. The number of benzene rings is 1. The van der Waals surface area contributed by atoms with Gasteiger partial charge in [0, 0.05) is 6.07 Å². The summed E-state index contributed by atoms with van der Waals surface area (Å²) in [6, 6.07) is 5.77. The molecular formula is C9H9F3O3. The van der Waals surface area contributed by atoms with Gasteiger partial charge < -0.3 is 9.84 Å². The Morgan fingerprint density at radius 3 is 2.53 bits per heavy atom. The molecule has 0 saturated heterocycles. The SMILES string of the molecule is Oc1cccc(OCCOC(F)(F)F)c1. The second-order valence-corrected chi connectivity index (χ2v) is 2.64. The molecule has 0 unspecified atom stereocenters. The number of ether oxygens (including phenoxy) is 2. The predicted molar refractivity (Wildman–Crippen MR) is 45.6 cm³/mol. The normalized spacial score (nSPS) is 11.4. The molecule has 0 heterocycles. The Morgan fingerprint density at radius 1 is 1.20 bits per heavy atom. The summed E-state index contributed by atoms with van der Waals surface area (Å²) >= 11 is 0. The molecule has 1 aromatic rings. The van der Waals surface area contributed by atoms with Crippen LogP contribution in [0.2, 0.25) is 0 Å². The van der Waals surface area contributed by atoms with Gasteiger partial charge >= 0.3 is 6.36 Å². The molecule has 0 aliphatic carbocycles. The molecule has 0 atom stereocenters. The van der Waals surface area contributed by atoms with Gasteiger partial charge in [0.05, 0.1) is 6.61 Å². The molecule has 0 amide bonds. The third-order valence-corrected chi connectivity index (χ3v) is 1.44. The zero-order chi connectivity index (χ0) is 11.3. The van der Waals surface area contributed by atoms with E-state index in [9.17, 15) is 13.2 Å². The lowest BCUT2D eigenvalue weighted by Crippen LogP contribution is -2.18. The third-order valence-electron chi connectivity index (χ3n) is 1.44. The molecule has 0 spiro atoms. The molecule has 6 heteroatoms. The van der Waals surface area contributed by atoms with Crippen LogP contribution in [0, 0.1) is 0 Å². The number of halogens is 3. The standard InChI is InChI=1S/C9H9F3O3/c10-9(11,12)15-5-4-14-8-3-1-2-7(13)6-8/h1-3,6,13H,4-5H2.